The van der Waals surface area contributed by atoms with Crippen molar-refractivity contribution in [2.24, 2.45) is 12.5 Å². The van der Waals surface area contributed by atoms with Gasteiger partial charge in [0.25, 0.3) is 5.91 Å². The second-order valence-corrected chi connectivity index (χ2v) is 14.4. The molecule has 2 heterocycles. The molecule has 1 aromatic carbocycles. The zero-order valence-corrected chi connectivity index (χ0v) is 30.3. The number of ether oxygens (including phenoxy) is 3. The number of halogens is 9. The number of amides is 1. The van der Waals surface area contributed by atoms with Crippen molar-refractivity contribution < 1.29 is 63.7 Å². The monoisotopic (exact) mass is 808 g/mol. The molecule has 2 aromatic heterocycles. The van der Waals surface area contributed by atoms with E-state index in [0.717, 1.165) is 30.8 Å². The number of carbonyl (C=O) groups is 3. The Balaban J connectivity index is 1.36. The van der Waals surface area contributed by atoms with E-state index in [1.165, 1.54) is 18.2 Å². The van der Waals surface area contributed by atoms with Crippen LogP contribution in [0.5, 0.6) is 0 Å². The Labute approximate surface area is 312 Å². The van der Waals surface area contributed by atoms with Crippen LogP contribution in [0, 0.1) is 16.7 Å². The van der Waals surface area contributed by atoms with E-state index < -0.39 is 76.7 Å². The molecule has 21 heteroatoms. The van der Waals surface area contributed by atoms with Gasteiger partial charge < -0.3 is 14.2 Å². The fraction of sp³-hybridized carbons (Fsp3) is 0.529. The number of hydrogen-bond donors (Lipinski definition) is 0. The molecule has 0 atom stereocenters. The molecule has 0 bridgehead atoms. The molecular formula is C34H33ClF8N6O6. The van der Waals surface area contributed by atoms with Crippen molar-refractivity contribution in [3.8, 4) is 23.0 Å². The van der Waals surface area contributed by atoms with Crippen LogP contribution in [0.3, 0.4) is 0 Å². The SMILES string of the molecule is CCCC(C)(C)OC(=O)C1(COC(=O)OCN(C(=O)c2cc(-c3cnn(-c4c(C(F)(F)F)c(C(F)(F)C(F)(F)F)nn4C)c3)ccc2Cl)C2(C#N)CC2)CC1. The molecular weight excluding hydrogens is 776 g/mol. The van der Waals surface area contributed by atoms with Crippen LogP contribution in [0.1, 0.15) is 80.9 Å². The van der Waals surface area contributed by atoms with E-state index in [2.05, 4.69) is 10.2 Å². The van der Waals surface area contributed by atoms with Crippen molar-refractivity contribution in [3.63, 3.8) is 0 Å². The number of hydrogen-bond acceptors (Lipinski definition) is 9. The van der Waals surface area contributed by atoms with E-state index in [1.807, 2.05) is 13.0 Å². The Morgan fingerprint density at radius 1 is 1.02 bits per heavy atom. The highest BCUT2D eigenvalue weighted by atomic mass is 35.5. The first kappa shape index (κ1) is 41.2. The topological polar surface area (TPSA) is 142 Å². The van der Waals surface area contributed by atoms with Gasteiger partial charge in [0.15, 0.2) is 18.2 Å². The summed E-state index contributed by atoms with van der Waals surface area (Å²) in [4.78, 5) is 40.3. The van der Waals surface area contributed by atoms with Crippen molar-refractivity contribution in [1.29, 1.82) is 5.26 Å². The number of esters is 1. The predicted molar refractivity (Wildman–Crippen MR) is 174 cm³/mol. The van der Waals surface area contributed by atoms with Gasteiger partial charge in [-0.05, 0) is 63.6 Å². The molecule has 0 saturated heterocycles. The summed E-state index contributed by atoms with van der Waals surface area (Å²) in [6.45, 7) is 4.35. The van der Waals surface area contributed by atoms with Crippen LogP contribution in [0.2, 0.25) is 5.02 Å². The molecule has 0 aliphatic heterocycles. The molecule has 298 valence electrons. The summed E-state index contributed by atoms with van der Waals surface area (Å²) >= 11 is 6.35. The van der Waals surface area contributed by atoms with Gasteiger partial charge in [-0.2, -0.15) is 50.6 Å². The molecule has 55 heavy (non-hydrogen) atoms. The van der Waals surface area contributed by atoms with Crippen LogP contribution in [0.15, 0.2) is 30.6 Å². The van der Waals surface area contributed by atoms with Gasteiger partial charge in [0.1, 0.15) is 28.7 Å². The largest absolute Gasteiger partial charge is 0.510 e. The lowest BCUT2D eigenvalue weighted by molar-refractivity contribution is -0.292. The maximum absolute atomic E-state index is 14.2. The first-order chi connectivity index (χ1) is 25.4. The standard InChI is InChI=1S/C34H33ClF8N6O6/c1-5-8-29(2,3)55-27(51)30(9-10-30)17-53-28(52)54-18-48(31(16-44)11-12-31)26(50)21-13-19(6-7-22(21)35)20-14-45-49(15-20)25-23(33(38,39)40)24(46-47(25)4)32(36,37)34(41,42)43/h6-7,13-15H,5,8-12,17-18H2,1-4H3. The van der Waals surface area contributed by atoms with Gasteiger partial charge in [0.05, 0.1) is 22.9 Å². The molecule has 1 amide bonds. The summed E-state index contributed by atoms with van der Waals surface area (Å²) in [5, 5.41) is 16.3. The van der Waals surface area contributed by atoms with E-state index >= 15 is 0 Å². The molecule has 2 aliphatic carbocycles. The van der Waals surface area contributed by atoms with E-state index in [1.54, 1.807) is 13.8 Å². The molecule has 0 radical (unpaired) electrons. The van der Waals surface area contributed by atoms with Gasteiger partial charge >= 0.3 is 30.4 Å². The van der Waals surface area contributed by atoms with Crippen molar-refractivity contribution in [2.75, 3.05) is 13.3 Å². The highest BCUT2D eigenvalue weighted by molar-refractivity contribution is 6.34. The number of benzene rings is 1. The van der Waals surface area contributed by atoms with Crippen LogP contribution in [0.4, 0.5) is 39.9 Å². The number of alkyl halides is 8. The van der Waals surface area contributed by atoms with E-state index in [4.69, 9.17) is 25.8 Å². The summed E-state index contributed by atoms with van der Waals surface area (Å²) in [5.41, 5.74) is -8.34. The Morgan fingerprint density at radius 2 is 1.67 bits per heavy atom. The molecule has 5 rings (SSSR count). The van der Waals surface area contributed by atoms with Crippen molar-refractivity contribution >= 4 is 29.6 Å². The van der Waals surface area contributed by atoms with Crippen LogP contribution in [0.25, 0.3) is 16.9 Å². The van der Waals surface area contributed by atoms with E-state index in [9.17, 15) is 54.8 Å². The van der Waals surface area contributed by atoms with Gasteiger partial charge in [-0.25, -0.2) is 14.2 Å². The maximum atomic E-state index is 14.2. The Bertz CT molecular complexity index is 2030. The lowest BCUT2D eigenvalue weighted by atomic mass is 10.0. The molecule has 12 nitrogen and oxygen atoms in total. The molecule has 0 N–H and O–H groups in total. The molecule has 3 aromatic rings. The van der Waals surface area contributed by atoms with E-state index in [0.29, 0.717) is 23.9 Å². The summed E-state index contributed by atoms with van der Waals surface area (Å²) in [5.74, 6) is -8.65. The Hall–Kier alpha value is -4.93. The Morgan fingerprint density at radius 3 is 2.22 bits per heavy atom. The Kier molecular flexibility index (Phi) is 10.7. The molecule has 0 spiro atoms. The minimum Gasteiger partial charge on any atom is -0.459 e. The van der Waals surface area contributed by atoms with Crippen molar-refractivity contribution in [1.82, 2.24) is 24.5 Å². The van der Waals surface area contributed by atoms with Crippen LogP contribution >= 0.6 is 11.6 Å². The number of aromatic nitrogens is 4. The lowest BCUT2D eigenvalue weighted by Crippen LogP contribution is -2.43. The number of nitrogens with zero attached hydrogens (tertiary/aromatic N) is 6. The first-order valence-electron chi connectivity index (χ1n) is 16.6. The predicted octanol–water partition coefficient (Wildman–Crippen LogP) is 8.11. The molecule has 0 unspecified atom stereocenters. The summed E-state index contributed by atoms with van der Waals surface area (Å²) < 4.78 is 126. The third-order valence-electron chi connectivity index (χ3n) is 9.26. The number of nitriles is 1. The van der Waals surface area contributed by atoms with Crippen LogP contribution in [-0.4, -0.2) is 73.1 Å². The number of rotatable bonds is 13. The van der Waals surface area contributed by atoms with Gasteiger partial charge in [0.2, 0.25) is 0 Å². The second-order valence-electron chi connectivity index (χ2n) is 14.0. The van der Waals surface area contributed by atoms with Crippen molar-refractivity contribution in [3.05, 3.63) is 52.4 Å². The molecule has 2 saturated carbocycles. The third kappa shape index (κ3) is 8.21. The minimum atomic E-state index is -6.40. The average molecular weight is 809 g/mol. The van der Waals surface area contributed by atoms with Gasteiger partial charge in [-0.3, -0.25) is 14.5 Å². The highest BCUT2D eigenvalue weighted by Gasteiger charge is 2.64. The molecule has 2 aliphatic rings. The van der Waals surface area contributed by atoms with Gasteiger partial charge in [-0.15, -0.1) is 0 Å². The normalized spacial score (nSPS) is 16.2. The van der Waals surface area contributed by atoms with E-state index in [-0.39, 0.29) is 45.8 Å². The first-order valence-corrected chi connectivity index (χ1v) is 17.0. The molecule has 2 fully saturated rings. The van der Waals surface area contributed by atoms with Gasteiger partial charge in [-0.1, -0.05) is 31.0 Å². The quantitative estimate of drug-likeness (QED) is 0.0951. The summed E-state index contributed by atoms with van der Waals surface area (Å²) in [6, 6.07) is 5.72. The lowest BCUT2D eigenvalue weighted by Gasteiger charge is -2.28. The van der Waals surface area contributed by atoms with Crippen LogP contribution < -0.4 is 0 Å². The highest BCUT2D eigenvalue weighted by Crippen LogP contribution is 2.50. The zero-order valence-electron chi connectivity index (χ0n) is 29.6. The fourth-order valence-electron chi connectivity index (χ4n) is 5.86. The number of carbonyl (C=O) groups excluding carboxylic acids is 3. The average Bonchev–Trinajstić information content (AvgIpc) is 3.97. The summed E-state index contributed by atoms with van der Waals surface area (Å²) in [7, 11) is 0.726. The van der Waals surface area contributed by atoms with Gasteiger partial charge in [0, 0.05) is 18.8 Å². The second kappa shape index (κ2) is 14.3. The minimum absolute atomic E-state index is 0.0393. The third-order valence-corrected chi connectivity index (χ3v) is 9.59. The van der Waals surface area contributed by atoms with Crippen LogP contribution in [-0.2, 0) is 38.2 Å². The number of aryl methyl sites for hydroxylation is 1. The fourth-order valence-corrected chi connectivity index (χ4v) is 6.06. The zero-order chi connectivity index (χ0) is 40.9. The van der Waals surface area contributed by atoms with Crippen molar-refractivity contribution in [2.45, 2.75) is 88.7 Å². The summed E-state index contributed by atoms with van der Waals surface area (Å²) in [6.07, 6.45) is -8.93. The maximum Gasteiger partial charge on any atom is 0.510 e. The smallest absolute Gasteiger partial charge is 0.459 e.